The van der Waals surface area contributed by atoms with Gasteiger partial charge in [-0.05, 0) is 44.6 Å². The zero-order valence-electron chi connectivity index (χ0n) is 5.55. The Morgan fingerprint density at radius 3 is 2.67 bits per heavy atom. The monoisotopic (exact) mass is 345 g/mol. The minimum absolute atomic E-state index is 0.257. The molecule has 0 spiro atoms. The van der Waals surface area contributed by atoms with Gasteiger partial charge in [0, 0.05) is 0 Å². The molecule has 12 heavy (non-hydrogen) atoms. The number of hydrogen-bond donors (Lipinski definition) is 0. The van der Waals surface area contributed by atoms with E-state index in [1.54, 1.807) is 22.6 Å². The van der Waals surface area contributed by atoms with Crippen molar-refractivity contribution < 1.29 is 9.31 Å². The van der Waals surface area contributed by atoms with Crippen molar-refractivity contribution in [3.05, 3.63) is 36.1 Å². The summed E-state index contributed by atoms with van der Waals surface area (Å²) in [4.78, 5) is 9.66. The predicted octanol–water partition coefficient (Wildman–Crippen LogP) is 3.10. The van der Waals surface area contributed by atoms with Crippen LogP contribution in [-0.2, 0) is 0 Å². The summed E-state index contributed by atoms with van der Waals surface area (Å²) in [6.45, 7) is 0. The SMILES string of the molecule is O=[N+]([O-])c1cc(F)c(I)cc1Br. The Morgan fingerprint density at radius 1 is 1.58 bits per heavy atom. The quantitative estimate of drug-likeness (QED) is 0.340. The van der Waals surface area contributed by atoms with Crippen LogP contribution in [0.3, 0.4) is 0 Å². The van der Waals surface area contributed by atoms with Gasteiger partial charge in [0.2, 0.25) is 0 Å². The van der Waals surface area contributed by atoms with Crippen LogP contribution < -0.4 is 0 Å². The van der Waals surface area contributed by atoms with Gasteiger partial charge in [0.25, 0.3) is 5.69 Å². The molecule has 0 heterocycles. The second-order valence-electron chi connectivity index (χ2n) is 1.97. The molecule has 0 aliphatic carbocycles. The van der Waals surface area contributed by atoms with E-state index in [4.69, 9.17) is 0 Å². The molecule has 0 unspecified atom stereocenters. The Kier molecular flexibility index (Phi) is 2.99. The van der Waals surface area contributed by atoms with E-state index in [1.807, 2.05) is 0 Å². The van der Waals surface area contributed by atoms with E-state index >= 15 is 0 Å². The number of halogens is 3. The van der Waals surface area contributed by atoms with Crippen LogP contribution in [-0.4, -0.2) is 4.92 Å². The normalized spacial score (nSPS) is 9.92. The molecule has 0 aromatic heterocycles. The Hall–Kier alpha value is -0.240. The van der Waals surface area contributed by atoms with Crippen LogP contribution in [0.4, 0.5) is 10.1 Å². The Labute approximate surface area is 89.4 Å². The molecule has 1 rings (SSSR count). The summed E-state index contributed by atoms with van der Waals surface area (Å²) in [7, 11) is 0. The maximum absolute atomic E-state index is 12.8. The standard InChI is InChI=1S/C6H2BrFINO2/c7-3-1-5(9)4(8)2-6(3)10(11)12/h1-2H. The first-order valence-electron chi connectivity index (χ1n) is 2.81. The molecular weight excluding hydrogens is 344 g/mol. The second-order valence-corrected chi connectivity index (χ2v) is 3.99. The van der Waals surface area contributed by atoms with Crippen LogP contribution in [0.1, 0.15) is 0 Å². The largest absolute Gasteiger partial charge is 0.286 e. The first kappa shape index (κ1) is 9.85. The van der Waals surface area contributed by atoms with E-state index < -0.39 is 10.7 Å². The summed E-state index contributed by atoms with van der Waals surface area (Å²) in [5, 5.41) is 10.3. The van der Waals surface area contributed by atoms with Crippen molar-refractivity contribution in [2.75, 3.05) is 0 Å². The van der Waals surface area contributed by atoms with Gasteiger partial charge in [-0.15, -0.1) is 0 Å². The molecule has 1 aromatic carbocycles. The average molecular weight is 346 g/mol. The van der Waals surface area contributed by atoms with Gasteiger partial charge >= 0.3 is 0 Å². The molecule has 6 heteroatoms. The first-order chi connectivity index (χ1) is 5.52. The lowest BCUT2D eigenvalue weighted by Gasteiger charge is -1.97. The Morgan fingerprint density at radius 2 is 2.17 bits per heavy atom. The van der Waals surface area contributed by atoms with Gasteiger partial charge in [-0.2, -0.15) is 0 Å². The van der Waals surface area contributed by atoms with Gasteiger partial charge in [0.05, 0.1) is 19.0 Å². The average Bonchev–Trinajstić information content (AvgIpc) is 1.96. The van der Waals surface area contributed by atoms with Crippen molar-refractivity contribution in [1.82, 2.24) is 0 Å². The van der Waals surface area contributed by atoms with Crippen LogP contribution >= 0.6 is 38.5 Å². The molecule has 0 fully saturated rings. The summed E-state index contributed by atoms with van der Waals surface area (Å²) in [5.41, 5.74) is -0.257. The van der Waals surface area contributed by atoms with Crippen LogP contribution in [0.15, 0.2) is 16.6 Å². The molecule has 0 atom stereocenters. The Balaban J connectivity index is 3.33. The van der Waals surface area contributed by atoms with E-state index in [1.165, 1.54) is 6.07 Å². The fraction of sp³-hybridized carbons (Fsp3) is 0. The molecule has 0 aliphatic heterocycles. The van der Waals surface area contributed by atoms with E-state index in [0.29, 0.717) is 8.04 Å². The van der Waals surface area contributed by atoms with Gasteiger partial charge in [0.1, 0.15) is 5.82 Å². The third-order valence-corrected chi connectivity index (χ3v) is 2.65. The molecule has 0 amide bonds. The summed E-state index contributed by atoms with van der Waals surface area (Å²) in [5.74, 6) is -0.578. The summed E-state index contributed by atoms with van der Waals surface area (Å²) in [6.07, 6.45) is 0. The lowest BCUT2D eigenvalue weighted by Crippen LogP contribution is -1.92. The number of benzene rings is 1. The van der Waals surface area contributed by atoms with Crippen LogP contribution in [0.5, 0.6) is 0 Å². The van der Waals surface area contributed by atoms with E-state index in [2.05, 4.69) is 15.9 Å². The fourth-order valence-electron chi connectivity index (χ4n) is 0.652. The van der Waals surface area contributed by atoms with Gasteiger partial charge in [-0.3, -0.25) is 10.1 Å². The molecule has 0 saturated carbocycles. The number of nitro groups is 1. The molecule has 0 radical (unpaired) electrons. The molecule has 3 nitrogen and oxygen atoms in total. The highest BCUT2D eigenvalue weighted by atomic mass is 127. The van der Waals surface area contributed by atoms with Crippen molar-refractivity contribution >= 4 is 44.2 Å². The van der Waals surface area contributed by atoms with E-state index in [0.717, 1.165) is 6.07 Å². The number of nitro benzene ring substituents is 1. The lowest BCUT2D eigenvalue weighted by atomic mass is 10.3. The van der Waals surface area contributed by atoms with Crippen LogP contribution in [0.2, 0.25) is 0 Å². The summed E-state index contributed by atoms with van der Waals surface area (Å²) in [6, 6.07) is 2.26. The zero-order valence-corrected chi connectivity index (χ0v) is 9.30. The highest BCUT2D eigenvalue weighted by molar-refractivity contribution is 14.1. The van der Waals surface area contributed by atoms with Gasteiger partial charge in [-0.25, -0.2) is 4.39 Å². The molecule has 1 aromatic rings. The minimum Gasteiger partial charge on any atom is -0.258 e. The smallest absolute Gasteiger partial charge is 0.258 e. The highest BCUT2D eigenvalue weighted by Gasteiger charge is 2.14. The van der Waals surface area contributed by atoms with E-state index in [-0.39, 0.29) is 5.69 Å². The number of hydrogen-bond acceptors (Lipinski definition) is 2. The molecule has 0 N–H and O–H groups in total. The summed E-state index contributed by atoms with van der Waals surface area (Å²) >= 11 is 4.73. The number of nitrogens with zero attached hydrogens (tertiary/aromatic N) is 1. The zero-order chi connectivity index (χ0) is 9.30. The molecule has 0 aliphatic rings. The predicted molar refractivity (Wildman–Crippen MR) is 53.5 cm³/mol. The summed E-state index contributed by atoms with van der Waals surface area (Å²) < 4.78 is 13.4. The molecule has 64 valence electrons. The third kappa shape index (κ3) is 1.92. The van der Waals surface area contributed by atoms with Crippen LogP contribution in [0, 0.1) is 19.5 Å². The molecular formula is C6H2BrFINO2. The maximum atomic E-state index is 12.8. The fourth-order valence-corrected chi connectivity index (χ4v) is 2.04. The minimum atomic E-state index is -0.636. The highest BCUT2D eigenvalue weighted by Crippen LogP contribution is 2.28. The molecule has 0 saturated heterocycles. The van der Waals surface area contributed by atoms with Crippen molar-refractivity contribution in [2.24, 2.45) is 0 Å². The second kappa shape index (κ2) is 3.65. The topological polar surface area (TPSA) is 43.1 Å². The Bertz CT molecular complexity index is 345. The van der Waals surface area contributed by atoms with Gasteiger partial charge in [-0.1, -0.05) is 0 Å². The van der Waals surface area contributed by atoms with Crippen molar-refractivity contribution in [2.45, 2.75) is 0 Å². The van der Waals surface area contributed by atoms with Crippen molar-refractivity contribution in [1.29, 1.82) is 0 Å². The maximum Gasteiger partial charge on any atom is 0.286 e. The van der Waals surface area contributed by atoms with Gasteiger partial charge in [0.15, 0.2) is 0 Å². The van der Waals surface area contributed by atoms with Gasteiger partial charge < -0.3 is 0 Å². The third-order valence-electron chi connectivity index (χ3n) is 1.19. The molecule has 0 bridgehead atoms. The van der Waals surface area contributed by atoms with E-state index in [9.17, 15) is 14.5 Å². The first-order valence-corrected chi connectivity index (χ1v) is 4.68. The van der Waals surface area contributed by atoms with Crippen molar-refractivity contribution in [3.8, 4) is 0 Å². The number of rotatable bonds is 1. The van der Waals surface area contributed by atoms with Crippen molar-refractivity contribution in [3.63, 3.8) is 0 Å². The lowest BCUT2D eigenvalue weighted by molar-refractivity contribution is -0.385. The van der Waals surface area contributed by atoms with Crippen LogP contribution in [0.25, 0.3) is 0 Å².